The van der Waals surface area contributed by atoms with E-state index in [0.29, 0.717) is 0 Å². The third-order valence-corrected chi connectivity index (χ3v) is 2.56. The molecule has 7 heteroatoms. The highest BCUT2D eigenvalue weighted by Crippen LogP contribution is 2.21. The molecule has 0 aromatic heterocycles. The first-order valence-electron chi connectivity index (χ1n) is 6.87. The van der Waals surface area contributed by atoms with Gasteiger partial charge in [0.2, 0.25) is 5.91 Å². The normalized spacial score (nSPS) is 12.5. The zero-order valence-electron chi connectivity index (χ0n) is 13.0. The first-order chi connectivity index (χ1) is 10.2. The number of likely N-dealkylation sites (N-methyl/N-ethyl adjacent to an activating group) is 1. The van der Waals surface area contributed by atoms with E-state index in [2.05, 4.69) is 10.6 Å². The Hall–Kier alpha value is -2.18. The first-order valence-corrected chi connectivity index (χ1v) is 6.87. The molecule has 0 heterocycles. The smallest absolute Gasteiger partial charge is 0.408 e. The number of halogens is 2. The summed E-state index contributed by atoms with van der Waals surface area (Å²) in [5.41, 5.74) is -1.33. The van der Waals surface area contributed by atoms with Crippen LogP contribution in [0.15, 0.2) is 18.2 Å². The molecule has 2 N–H and O–H groups in total. The molecule has 0 aliphatic rings. The number of carbonyl (C=O) groups is 2. The lowest BCUT2D eigenvalue weighted by Crippen LogP contribution is -2.43. The molecule has 0 radical (unpaired) electrons. The Morgan fingerprint density at radius 3 is 2.23 bits per heavy atom. The summed E-state index contributed by atoms with van der Waals surface area (Å²) in [7, 11) is 0. The molecule has 0 unspecified atom stereocenters. The molecule has 0 saturated heterocycles. The maximum atomic E-state index is 13.9. The number of carbonyl (C=O) groups excluding carboxylic acids is 2. The minimum absolute atomic E-state index is 0.251. The van der Waals surface area contributed by atoms with Crippen LogP contribution in [0.5, 0.6) is 0 Å². The van der Waals surface area contributed by atoms with E-state index in [9.17, 15) is 18.4 Å². The van der Waals surface area contributed by atoms with Gasteiger partial charge in [0.25, 0.3) is 0 Å². The molecular weight excluding hydrogens is 294 g/mol. The first kappa shape index (κ1) is 17.9. The van der Waals surface area contributed by atoms with Crippen molar-refractivity contribution in [1.82, 2.24) is 10.6 Å². The quantitative estimate of drug-likeness (QED) is 0.898. The molecule has 0 spiro atoms. The van der Waals surface area contributed by atoms with Crippen LogP contribution >= 0.6 is 0 Å². The number of hydrogen-bond acceptors (Lipinski definition) is 3. The molecular formula is C15H20F2N2O3. The van der Waals surface area contributed by atoms with E-state index in [4.69, 9.17) is 4.74 Å². The average molecular weight is 314 g/mol. The molecule has 1 aromatic carbocycles. The van der Waals surface area contributed by atoms with Gasteiger partial charge in [-0.05, 0) is 39.8 Å². The van der Waals surface area contributed by atoms with Crippen molar-refractivity contribution >= 4 is 12.0 Å². The Bertz CT molecular complexity index is 536. The van der Waals surface area contributed by atoms with Crippen molar-refractivity contribution in [3.05, 3.63) is 35.4 Å². The summed E-state index contributed by atoms with van der Waals surface area (Å²) in [6.45, 7) is 6.81. The van der Waals surface area contributed by atoms with Gasteiger partial charge in [0.15, 0.2) is 0 Å². The van der Waals surface area contributed by atoms with E-state index >= 15 is 0 Å². The number of alkyl carbamates (subject to hydrolysis) is 1. The largest absolute Gasteiger partial charge is 0.444 e. The van der Waals surface area contributed by atoms with Crippen molar-refractivity contribution in [2.45, 2.75) is 39.3 Å². The Balaban J connectivity index is 3.09. The van der Waals surface area contributed by atoms with Crippen LogP contribution in [0.25, 0.3) is 0 Å². The SMILES string of the molecule is CCNC(=O)[C@H](NC(=O)OC(C)(C)C)c1c(F)cccc1F. The van der Waals surface area contributed by atoms with Crippen LogP contribution in [0.2, 0.25) is 0 Å². The lowest BCUT2D eigenvalue weighted by Gasteiger charge is -2.23. The van der Waals surface area contributed by atoms with Crippen molar-refractivity contribution < 1.29 is 23.1 Å². The van der Waals surface area contributed by atoms with Gasteiger partial charge >= 0.3 is 6.09 Å². The van der Waals surface area contributed by atoms with Gasteiger partial charge < -0.3 is 15.4 Å². The van der Waals surface area contributed by atoms with Gasteiger partial charge in [0.05, 0.1) is 5.56 Å². The van der Waals surface area contributed by atoms with Crippen LogP contribution in [0.1, 0.15) is 39.3 Å². The molecule has 0 fully saturated rings. The standard InChI is InChI=1S/C15H20F2N2O3/c1-5-18-13(20)12(19-14(21)22-15(2,3)4)11-9(16)7-6-8-10(11)17/h6-8,12H,5H2,1-4H3,(H,18,20)(H,19,21)/t12-/m1/s1. The van der Waals surface area contributed by atoms with Gasteiger partial charge in [-0.25, -0.2) is 13.6 Å². The van der Waals surface area contributed by atoms with E-state index in [0.717, 1.165) is 12.1 Å². The number of ether oxygens (including phenoxy) is 1. The topological polar surface area (TPSA) is 67.4 Å². The summed E-state index contributed by atoms with van der Waals surface area (Å²) >= 11 is 0. The number of amides is 2. The molecule has 2 amide bonds. The van der Waals surface area contributed by atoms with Gasteiger partial charge in [-0.1, -0.05) is 6.07 Å². The van der Waals surface area contributed by atoms with Gasteiger partial charge in [-0.15, -0.1) is 0 Å². The fourth-order valence-electron chi connectivity index (χ4n) is 1.76. The van der Waals surface area contributed by atoms with Crippen molar-refractivity contribution in [3.63, 3.8) is 0 Å². The molecule has 0 aliphatic heterocycles. The predicted molar refractivity (Wildman–Crippen MR) is 77.2 cm³/mol. The number of benzene rings is 1. The summed E-state index contributed by atoms with van der Waals surface area (Å²) in [6.07, 6.45) is -0.939. The maximum Gasteiger partial charge on any atom is 0.408 e. The highest BCUT2D eigenvalue weighted by molar-refractivity contribution is 5.87. The maximum absolute atomic E-state index is 13.9. The number of hydrogen-bond donors (Lipinski definition) is 2. The monoisotopic (exact) mass is 314 g/mol. The van der Waals surface area contributed by atoms with Gasteiger partial charge in [0, 0.05) is 6.54 Å². The van der Waals surface area contributed by atoms with Crippen LogP contribution in [0.4, 0.5) is 13.6 Å². The molecule has 5 nitrogen and oxygen atoms in total. The summed E-state index contributed by atoms with van der Waals surface area (Å²) in [4.78, 5) is 23.8. The van der Waals surface area contributed by atoms with Crippen LogP contribution in [-0.4, -0.2) is 24.1 Å². The van der Waals surface area contributed by atoms with Crippen LogP contribution in [0.3, 0.4) is 0 Å². The lowest BCUT2D eigenvalue weighted by molar-refractivity contribution is -0.123. The zero-order valence-corrected chi connectivity index (χ0v) is 13.0. The molecule has 0 aliphatic carbocycles. The highest BCUT2D eigenvalue weighted by Gasteiger charge is 2.30. The molecule has 0 bridgehead atoms. The zero-order chi connectivity index (χ0) is 16.9. The number of nitrogens with one attached hydrogen (secondary N) is 2. The van der Waals surface area contributed by atoms with E-state index in [-0.39, 0.29) is 6.54 Å². The van der Waals surface area contributed by atoms with Crippen molar-refractivity contribution in [2.24, 2.45) is 0 Å². The molecule has 122 valence electrons. The molecule has 22 heavy (non-hydrogen) atoms. The second-order valence-electron chi connectivity index (χ2n) is 5.61. The van der Waals surface area contributed by atoms with Crippen LogP contribution < -0.4 is 10.6 Å². The third-order valence-electron chi connectivity index (χ3n) is 2.56. The van der Waals surface area contributed by atoms with E-state index in [1.807, 2.05) is 0 Å². The Morgan fingerprint density at radius 1 is 1.23 bits per heavy atom. The fourth-order valence-corrected chi connectivity index (χ4v) is 1.76. The minimum atomic E-state index is -1.52. The molecule has 1 rings (SSSR count). The summed E-state index contributed by atoms with van der Waals surface area (Å²) in [5, 5.41) is 4.63. The third kappa shape index (κ3) is 4.98. The second-order valence-corrected chi connectivity index (χ2v) is 5.61. The second kappa shape index (κ2) is 7.20. The summed E-state index contributed by atoms with van der Waals surface area (Å²) < 4.78 is 32.8. The van der Waals surface area contributed by atoms with E-state index < -0.39 is 40.8 Å². The van der Waals surface area contributed by atoms with Crippen LogP contribution in [0, 0.1) is 11.6 Å². The Kier molecular flexibility index (Phi) is 5.84. The Morgan fingerprint density at radius 2 is 1.77 bits per heavy atom. The van der Waals surface area contributed by atoms with Crippen molar-refractivity contribution in [2.75, 3.05) is 6.54 Å². The molecule has 0 saturated carbocycles. The fraction of sp³-hybridized carbons (Fsp3) is 0.467. The molecule has 1 aromatic rings. The van der Waals surface area contributed by atoms with E-state index in [1.165, 1.54) is 6.07 Å². The summed E-state index contributed by atoms with van der Waals surface area (Å²) in [5.74, 6) is -2.57. The Labute approximate surface area is 128 Å². The lowest BCUT2D eigenvalue weighted by atomic mass is 10.0. The number of rotatable bonds is 4. The van der Waals surface area contributed by atoms with Crippen molar-refractivity contribution in [1.29, 1.82) is 0 Å². The van der Waals surface area contributed by atoms with Crippen LogP contribution in [-0.2, 0) is 9.53 Å². The van der Waals surface area contributed by atoms with Gasteiger partial charge in [-0.3, -0.25) is 4.79 Å². The average Bonchev–Trinajstić information content (AvgIpc) is 2.35. The molecule has 1 atom stereocenters. The predicted octanol–water partition coefficient (Wildman–Crippen LogP) is 2.67. The van der Waals surface area contributed by atoms with E-state index in [1.54, 1.807) is 27.7 Å². The van der Waals surface area contributed by atoms with Gasteiger partial charge in [-0.2, -0.15) is 0 Å². The minimum Gasteiger partial charge on any atom is -0.444 e. The summed E-state index contributed by atoms with van der Waals surface area (Å²) in [6, 6.07) is 1.69. The highest BCUT2D eigenvalue weighted by atomic mass is 19.1. The van der Waals surface area contributed by atoms with Gasteiger partial charge in [0.1, 0.15) is 23.3 Å². The van der Waals surface area contributed by atoms with Crippen molar-refractivity contribution in [3.8, 4) is 0 Å².